The molecule has 1 fully saturated rings. The molecule has 2 rings (SSSR count). The zero-order valence-electron chi connectivity index (χ0n) is 11.6. The second kappa shape index (κ2) is 5.57. The molecule has 0 aromatic carbocycles. The van der Waals surface area contributed by atoms with E-state index in [-0.39, 0.29) is 29.7 Å². The molecule has 2 bridgehead atoms. The molecule has 0 aromatic heterocycles. The molecule has 0 saturated heterocycles. The standard InChI is InChI=1S/C14H21NO3S/c1-8(7-19-3)15(2)13(16)11-9-4-5-10(6-9)12(11)14(17)18/h4-5,8-12H,6-7H2,1-3H3,(H,17,18)/t8?,9?,10?,11-,12+/m0/s1. The summed E-state index contributed by atoms with van der Waals surface area (Å²) < 4.78 is 0. The van der Waals surface area contributed by atoms with E-state index < -0.39 is 11.9 Å². The number of carboxylic acids is 1. The first-order chi connectivity index (χ1) is 8.97. The van der Waals surface area contributed by atoms with Crippen LogP contribution in [0.25, 0.3) is 0 Å². The van der Waals surface area contributed by atoms with Crippen molar-refractivity contribution in [2.45, 2.75) is 19.4 Å². The van der Waals surface area contributed by atoms with Crippen LogP contribution < -0.4 is 0 Å². The van der Waals surface area contributed by atoms with Crippen LogP contribution in [0.5, 0.6) is 0 Å². The number of carbonyl (C=O) groups is 2. The number of carbonyl (C=O) groups excluding carboxylic acids is 1. The Labute approximate surface area is 118 Å². The van der Waals surface area contributed by atoms with Crippen LogP contribution in [0.4, 0.5) is 0 Å². The van der Waals surface area contributed by atoms with E-state index in [9.17, 15) is 14.7 Å². The first-order valence-corrected chi connectivity index (χ1v) is 8.03. The molecule has 0 spiro atoms. The van der Waals surface area contributed by atoms with Crippen LogP contribution in [0.15, 0.2) is 12.2 Å². The van der Waals surface area contributed by atoms with Crippen LogP contribution in [-0.2, 0) is 9.59 Å². The Balaban J connectivity index is 2.14. The Morgan fingerprint density at radius 3 is 2.47 bits per heavy atom. The molecule has 106 valence electrons. The number of allylic oxidation sites excluding steroid dienone is 2. The Bertz CT molecular complexity index is 409. The molecule has 5 heteroatoms. The van der Waals surface area contributed by atoms with Crippen molar-refractivity contribution in [1.82, 2.24) is 4.90 Å². The summed E-state index contributed by atoms with van der Waals surface area (Å²) in [5.74, 6) is -0.722. The predicted molar refractivity (Wildman–Crippen MR) is 76.0 cm³/mol. The highest BCUT2D eigenvalue weighted by molar-refractivity contribution is 7.98. The first-order valence-electron chi connectivity index (χ1n) is 6.64. The average Bonchev–Trinajstić information content (AvgIpc) is 2.97. The van der Waals surface area contributed by atoms with Crippen molar-refractivity contribution >= 4 is 23.6 Å². The zero-order chi connectivity index (χ0) is 14.2. The van der Waals surface area contributed by atoms with Crippen LogP contribution in [-0.4, -0.2) is 47.0 Å². The van der Waals surface area contributed by atoms with Crippen molar-refractivity contribution in [1.29, 1.82) is 0 Å². The van der Waals surface area contributed by atoms with Gasteiger partial charge in [0.2, 0.25) is 5.91 Å². The monoisotopic (exact) mass is 283 g/mol. The lowest BCUT2D eigenvalue weighted by atomic mass is 9.82. The van der Waals surface area contributed by atoms with Gasteiger partial charge in [0, 0.05) is 18.8 Å². The lowest BCUT2D eigenvalue weighted by Gasteiger charge is -2.31. The van der Waals surface area contributed by atoms with Crippen LogP contribution in [0, 0.1) is 23.7 Å². The first kappa shape index (κ1) is 14.4. The molecule has 3 unspecified atom stereocenters. The molecule has 5 atom stereocenters. The number of hydrogen-bond donors (Lipinski definition) is 1. The predicted octanol–water partition coefficient (Wildman–Crippen LogP) is 1.72. The van der Waals surface area contributed by atoms with E-state index in [1.165, 1.54) is 0 Å². The van der Waals surface area contributed by atoms with Gasteiger partial charge in [-0.1, -0.05) is 12.2 Å². The minimum absolute atomic E-state index is 0.00852. The van der Waals surface area contributed by atoms with Gasteiger partial charge in [0.25, 0.3) is 0 Å². The Morgan fingerprint density at radius 1 is 1.37 bits per heavy atom. The fraction of sp³-hybridized carbons (Fsp3) is 0.714. The van der Waals surface area contributed by atoms with Crippen LogP contribution >= 0.6 is 11.8 Å². The highest BCUT2D eigenvalue weighted by Crippen LogP contribution is 2.48. The number of carboxylic acid groups (broad SMARTS) is 1. The normalized spacial score (nSPS) is 33.4. The fourth-order valence-corrected chi connectivity index (χ4v) is 4.01. The molecule has 0 aliphatic heterocycles. The topological polar surface area (TPSA) is 57.6 Å². The maximum Gasteiger partial charge on any atom is 0.307 e. The van der Waals surface area contributed by atoms with E-state index >= 15 is 0 Å². The van der Waals surface area contributed by atoms with Crippen molar-refractivity contribution in [3.8, 4) is 0 Å². The Kier molecular flexibility index (Phi) is 4.23. The van der Waals surface area contributed by atoms with Gasteiger partial charge in [0.05, 0.1) is 11.8 Å². The molecule has 0 aromatic rings. The average molecular weight is 283 g/mol. The molecule has 2 aliphatic rings. The highest BCUT2D eigenvalue weighted by Gasteiger charge is 2.52. The maximum atomic E-state index is 12.6. The third-order valence-corrected chi connectivity index (χ3v) is 5.26. The molecule has 0 radical (unpaired) electrons. The minimum atomic E-state index is -0.832. The van der Waals surface area contributed by atoms with Gasteiger partial charge in [-0.25, -0.2) is 0 Å². The number of rotatable bonds is 5. The molecule has 1 amide bonds. The quantitative estimate of drug-likeness (QED) is 0.781. The number of nitrogens with zero attached hydrogens (tertiary/aromatic N) is 1. The van der Waals surface area contributed by atoms with Gasteiger partial charge in [-0.2, -0.15) is 11.8 Å². The summed E-state index contributed by atoms with van der Waals surface area (Å²) in [6, 6.07) is 0.139. The van der Waals surface area contributed by atoms with Gasteiger partial charge in [-0.3, -0.25) is 9.59 Å². The van der Waals surface area contributed by atoms with Gasteiger partial charge < -0.3 is 10.0 Å². The number of hydrogen-bond acceptors (Lipinski definition) is 3. The van der Waals surface area contributed by atoms with Crippen molar-refractivity contribution < 1.29 is 14.7 Å². The van der Waals surface area contributed by atoms with Gasteiger partial charge in [-0.15, -0.1) is 0 Å². The molecule has 19 heavy (non-hydrogen) atoms. The third-order valence-electron chi connectivity index (χ3n) is 4.45. The van der Waals surface area contributed by atoms with E-state index in [4.69, 9.17) is 0 Å². The van der Waals surface area contributed by atoms with Crippen LogP contribution in [0.3, 0.4) is 0 Å². The zero-order valence-corrected chi connectivity index (χ0v) is 12.4. The van der Waals surface area contributed by atoms with Crippen LogP contribution in [0.1, 0.15) is 13.3 Å². The molecule has 1 N–H and O–H groups in total. The lowest BCUT2D eigenvalue weighted by molar-refractivity contribution is -0.151. The van der Waals surface area contributed by atoms with E-state index in [1.54, 1.807) is 23.7 Å². The number of amides is 1. The molecule has 4 nitrogen and oxygen atoms in total. The molecule has 2 aliphatic carbocycles. The Hall–Kier alpha value is -0.970. The van der Waals surface area contributed by atoms with E-state index in [0.29, 0.717) is 0 Å². The second-order valence-corrected chi connectivity index (χ2v) is 6.50. The summed E-state index contributed by atoms with van der Waals surface area (Å²) >= 11 is 1.70. The van der Waals surface area contributed by atoms with Gasteiger partial charge >= 0.3 is 5.97 Å². The van der Waals surface area contributed by atoms with Crippen molar-refractivity contribution in [3.05, 3.63) is 12.2 Å². The summed E-state index contributed by atoms with van der Waals surface area (Å²) in [5, 5.41) is 9.37. The summed E-state index contributed by atoms with van der Waals surface area (Å²) in [5.41, 5.74) is 0. The third kappa shape index (κ3) is 2.53. The highest BCUT2D eigenvalue weighted by atomic mass is 32.2. The molecular formula is C14H21NO3S. The fourth-order valence-electron chi connectivity index (χ4n) is 3.30. The summed E-state index contributed by atoms with van der Waals surface area (Å²) in [6.45, 7) is 2.01. The molecule has 0 heterocycles. The summed E-state index contributed by atoms with van der Waals surface area (Å²) in [7, 11) is 1.79. The van der Waals surface area contributed by atoms with Gasteiger partial charge in [-0.05, 0) is 31.4 Å². The number of aliphatic carboxylic acids is 1. The number of fused-ring (bicyclic) bond motifs is 2. The SMILES string of the molecule is CSCC(C)N(C)C(=O)[C@H]1C2C=CC(C2)[C@H]1C(=O)O. The van der Waals surface area contributed by atoms with Crippen molar-refractivity contribution in [2.75, 3.05) is 19.1 Å². The summed E-state index contributed by atoms with van der Waals surface area (Å²) in [6.07, 6.45) is 6.82. The molecular weight excluding hydrogens is 262 g/mol. The molecule has 1 saturated carbocycles. The van der Waals surface area contributed by atoms with Crippen molar-refractivity contribution in [3.63, 3.8) is 0 Å². The van der Waals surface area contributed by atoms with Gasteiger partial charge in [0.15, 0.2) is 0 Å². The summed E-state index contributed by atoms with van der Waals surface area (Å²) in [4.78, 5) is 25.7. The smallest absolute Gasteiger partial charge is 0.307 e. The maximum absolute atomic E-state index is 12.6. The van der Waals surface area contributed by atoms with Crippen LogP contribution in [0.2, 0.25) is 0 Å². The van der Waals surface area contributed by atoms with E-state index in [2.05, 4.69) is 0 Å². The second-order valence-electron chi connectivity index (χ2n) is 5.59. The largest absolute Gasteiger partial charge is 0.481 e. The van der Waals surface area contributed by atoms with E-state index in [0.717, 1.165) is 12.2 Å². The Morgan fingerprint density at radius 2 is 1.95 bits per heavy atom. The number of thioether (sulfide) groups is 1. The van der Waals surface area contributed by atoms with Gasteiger partial charge in [0.1, 0.15) is 0 Å². The lowest BCUT2D eigenvalue weighted by Crippen LogP contribution is -2.45. The minimum Gasteiger partial charge on any atom is -0.481 e. The van der Waals surface area contributed by atoms with E-state index in [1.807, 2.05) is 25.3 Å². The van der Waals surface area contributed by atoms with Crippen molar-refractivity contribution in [2.24, 2.45) is 23.7 Å².